The summed E-state index contributed by atoms with van der Waals surface area (Å²) in [6.07, 6.45) is 0. The van der Waals surface area contributed by atoms with Crippen molar-refractivity contribution in [2.24, 2.45) is 0 Å². The predicted molar refractivity (Wildman–Crippen MR) is 480 cm³/mol. The zero-order chi connectivity index (χ0) is 75.4. The van der Waals surface area contributed by atoms with Gasteiger partial charge in [0.25, 0.3) is 0 Å². The minimum absolute atomic E-state index is 0.908. The number of furan rings is 1. The molecule has 0 saturated carbocycles. The Kier molecular flexibility index (Phi) is 16.8. The molecule has 0 aliphatic heterocycles. The summed E-state index contributed by atoms with van der Waals surface area (Å²) in [6.45, 7) is 0. The van der Waals surface area contributed by atoms with Crippen LogP contribution in [0.3, 0.4) is 0 Å². The fraction of sp³-hybridized carbons (Fsp3) is 0. The first kappa shape index (κ1) is 66.9. The lowest BCUT2D eigenvalue weighted by atomic mass is 10.00. The second kappa shape index (κ2) is 28.6. The van der Waals surface area contributed by atoms with E-state index >= 15 is 0 Å². The minimum atomic E-state index is 0.908. The smallest absolute Gasteiger partial charge is 0.143 e. The maximum atomic E-state index is 6.40. The van der Waals surface area contributed by atoms with E-state index in [-0.39, 0.29) is 0 Å². The van der Waals surface area contributed by atoms with Crippen molar-refractivity contribution >= 4 is 121 Å². The van der Waals surface area contributed by atoms with E-state index < -0.39 is 0 Å². The predicted octanol–water partition coefficient (Wildman–Crippen LogP) is 29.8. The van der Waals surface area contributed by atoms with E-state index in [0.29, 0.717) is 0 Å². The third-order valence-electron chi connectivity index (χ3n) is 22.5. The maximum Gasteiger partial charge on any atom is 0.143 e. The fourth-order valence-electron chi connectivity index (χ4n) is 17.1. The highest BCUT2D eigenvalue weighted by molar-refractivity contribution is 6.14. The molecule has 0 fully saturated rings. The van der Waals surface area contributed by atoms with E-state index in [4.69, 9.17) is 4.42 Å². The largest absolute Gasteiger partial charge is 0.455 e. The monoisotopic (exact) mass is 1460 g/mol. The maximum absolute atomic E-state index is 6.40. The molecular weight excluding hydrogens is 1380 g/mol. The number of hydrogen-bond acceptors (Lipinski definition) is 3. The summed E-state index contributed by atoms with van der Waals surface area (Å²) < 4.78 is 13.5. The first-order chi connectivity index (χ1) is 56.5. The number of hydrogen-bond donors (Lipinski definition) is 0. The van der Waals surface area contributed by atoms with Gasteiger partial charge in [-0.2, -0.15) is 0 Å². The molecule has 0 spiro atoms. The zero-order valence-electron chi connectivity index (χ0n) is 62.3. The summed E-state index contributed by atoms with van der Waals surface area (Å²) in [5.41, 5.74) is 30.8. The summed E-state index contributed by atoms with van der Waals surface area (Å²) in [4.78, 5) is 4.72. The van der Waals surface area contributed by atoms with Crippen LogP contribution in [0.2, 0.25) is 0 Å². The van der Waals surface area contributed by atoms with Crippen LogP contribution in [0.15, 0.2) is 447 Å². The minimum Gasteiger partial charge on any atom is -0.455 e. The number of benzene rings is 18. The molecule has 22 rings (SSSR count). The number of rotatable bonds is 14. The third-order valence-corrected chi connectivity index (χ3v) is 22.5. The van der Waals surface area contributed by atoms with Crippen molar-refractivity contribution in [2.75, 3.05) is 9.80 Å². The van der Waals surface area contributed by atoms with Crippen LogP contribution in [0, 0.1) is 0 Å². The van der Waals surface area contributed by atoms with Crippen LogP contribution in [0.1, 0.15) is 0 Å². The molecule has 4 aromatic heterocycles. The van der Waals surface area contributed by atoms with Crippen molar-refractivity contribution in [1.29, 1.82) is 0 Å². The van der Waals surface area contributed by atoms with E-state index in [2.05, 4.69) is 454 Å². The molecular formula is C108H73N5O. The first-order valence-corrected chi connectivity index (χ1v) is 38.9. The average Bonchev–Trinajstić information content (AvgIpc) is 1.60. The van der Waals surface area contributed by atoms with Crippen molar-refractivity contribution in [3.05, 3.63) is 443 Å². The van der Waals surface area contributed by atoms with Crippen LogP contribution in [-0.2, 0) is 0 Å². The molecule has 18 aromatic carbocycles. The Morgan fingerprint density at radius 2 is 0.447 bits per heavy atom. The Morgan fingerprint density at radius 1 is 0.167 bits per heavy atom. The number of nitrogens with zero attached hydrogens (tertiary/aromatic N) is 5. The number of fused-ring (bicyclic) bond motifs is 12. The Bertz CT molecular complexity index is 7220. The van der Waals surface area contributed by atoms with E-state index in [0.717, 1.165) is 84.3 Å². The molecule has 0 radical (unpaired) electrons. The Morgan fingerprint density at radius 3 is 0.895 bits per heavy atom. The lowest BCUT2D eigenvalue weighted by Gasteiger charge is -2.26. The van der Waals surface area contributed by atoms with Crippen molar-refractivity contribution in [1.82, 2.24) is 13.7 Å². The van der Waals surface area contributed by atoms with Crippen LogP contribution in [0.25, 0.3) is 160 Å². The van der Waals surface area contributed by atoms with Crippen molar-refractivity contribution < 1.29 is 4.42 Å². The van der Waals surface area contributed by atoms with Gasteiger partial charge in [-0.05, 0) is 208 Å². The van der Waals surface area contributed by atoms with Crippen LogP contribution in [0.4, 0.5) is 34.1 Å². The summed E-state index contributed by atoms with van der Waals surface area (Å²) in [7, 11) is 0. The molecule has 6 heteroatoms. The average molecular weight is 1460 g/mol. The summed E-state index contributed by atoms with van der Waals surface area (Å²) in [5.74, 6) is 0. The highest BCUT2D eigenvalue weighted by Crippen LogP contribution is 2.45. The van der Waals surface area contributed by atoms with Gasteiger partial charge in [-0.15, -0.1) is 0 Å². The molecule has 536 valence electrons. The molecule has 0 bridgehead atoms. The van der Waals surface area contributed by atoms with Crippen LogP contribution in [0.5, 0.6) is 0 Å². The van der Waals surface area contributed by atoms with Gasteiger partial charge in [-0.3, -0.25) is 0 Å². The number of aromatic nitrogens is 3. The normalized spacial score (nSPS) is 11.5. The van der Waals surface area contributed by atoms with Gasteiger partial charge in [-0.1, -0.05) is 285 Å². The number of anilines is 6. The van der Waals surface area contributed by atoms with Crippen molar-refractivity contribution in [3.63, 3.8) is 0 Å². The van der Waals surface area contributed by atoms with Gasteiger partial charge in [0.2, 0.25) is 0 Å². The quantitative estimate of drug-likeness (QED) is 0.109. The summed E-state index contributed by atoms with van der Waals surface area (Å²) in [5, 5.41) is 9.73. The zero-order valence-corrected chi connectivity index (χ0v) is 62.3. The lowest BCUT2D eigenvalue weighted by Crippen LogP contribution is -2.10. The van der Waals surface area contributed by atoms with E-state index in [9.17, 15) is 0 Å². The molecule has 0 atom stereocenters. The van der Waals surface area contributed by atoms with E-state index in [1.54, 1.807) is 0 Å². The molecule has 0 unspecified atom stereocenters. The second-order valence-corrected chi connectivity index (χ2v) is 29.1. The standard InChI is InChI=1S/C60H41N3.C48H32N2O/c1-3-13-42(14-4-1)43-23-25-44(26-24-43)45-27-32-49(33-28-45)61(51-36-38-52(39-37-51)63-57-20-10-7-17-53(57)54-18-8-11-21-58(54)63)50-34-29-46(30-35-50)47-31-40-60-56(41-47)55-19-9-12-22-59(55)62(60)48-15-5-2-6-16-48;1-3-12-33(13-4-1)34-22-26-37(27-23-34)49(38-28-24-35(25-29-38)40-18-11-19-43-42-17-8-10-21-47(42)51-48(40)43)39-30-31-46-44(32-39)41-16-7-9-20-45(41)50(46)36-14-5-2-6-15-36/h1-41H;1-32H. The molecule has 0 aliphatic rings. The molecule has 0 saturated heterocycles. The molecule has 22 aromatic rings. The Hall–Kier alpha value is -15.2. The highest BCUT2D eigenvalue weighted by Gasteiger charge is 2.22. The van der Waals surface area contributed by atoms with E-state index in [1.807, 2.05) is 12.1 Å². The topological polar surface area (TPSA) is 34.4 Å². The Labute approximate surface area is 660 Å². The van der Waals surface area contributed by atoms with Crippen LogP contribution >= 0.6 is 0 Å². The van der Waals surface area contributed by atoms with Gasteiger partial charge < -0.3 is 27.9 Å². The molecule has 4 heterocycles. The number of para-hydroxylation sites is 8. The van der Waals surface area contributed by atoms with Gasteiger partial charge in [0, 0.05) is 99.8 Å². The second-order valence-electron chi connectivity index (χ2n) is 29.1. The highest BCUT2D eigenvalue weighted by atomic mass is 16.3. The molecule has 0 amide bonds. The fourth-order valence-corrected chi connectivity index (χ4v) is 17.1. The van der Waals surface area contributed by atoms with Gasteiger partial charge in [0.1, 0.15) is 11.2 Å². The van der Waals surface area contributed by atoms with Gasteiger partial charge in [0.15, 0.2) is 0 Å². The first-order valence-electron chi connectivity index (χ1n) is 38.9. The van der Waals surface area contributed by atoms with Crippen LogP contribution < -0.4 is 9.80 Å². The summed E-state index contributed by atoms with van der Waals surface area (Å²) >= 11 is 0. The van der Waals surface area contributed by atoms with Gasteiger partial charge in [-0.25, -0.2) is 0 Å². The lowest BCUT2D eigenvalue weighted by molar-refractivity contribution is 0.670. The van der Waals surface area contributed by atoms with Gasteiger partial charge >= 0.3 is 0 Å². The molecule has 114 heavy (non-hydrogen) atoms. The third kappa shape index (κ3) is 12.0. The molecule has 6 nitrogen and oxygen atoms in total. The van der Waals surface area contributed by atoms with Gasteiger partial charge in [0.05, 0.1) is 33.1 Å². The van der Waals surface area contributed by atoms with Crippen molar-refractivity contribution in [2.45, 2.75) is 0 Å². The van der Waals surface area contributed by atoms with Crippen LogP contribution in [-0.4, -0.2) is 13.7 Å². The molecule has 0 aliphatic carbocycles. The van der Waals surface area contributed by atoms with E-state index in [1.165, 1.54) is 110 Å². The SMILES string of the molecule is c1ccc(-c2ccc(-c3ccc(N(c4ccc(-c5ccc6c(c5)c5ccccc5n6-c5ccccc5)cc4)c4ccc(-n5c6ccccc6c6ccccc65)cc4)cc3)cc2)cc1.c1ccc(-c2ccc(N(c3ccc(-c4cccc5c4oc4ccccc45)cc3)c3ccc4c(c3)c3ccccc3n4-c3ccccc3)cc2)cc1. The molecule has 0 N–H and O–H groups in total. The Balaban J connectivity index is 0.000000146. The summed E-state index contributed by atoms with van der Waals surface area (Å²) in [6, 6.07) is 159. The van der Waals surface area contributed by atoms with Crippen molar-refractivity contribution in [3.8, 4) is 72.7 Å².